The predicted molar refractivity (Wildman–Crippen MR) is 118 cm³/mol. The van der Waals surface area contributed by atoms with E-state index in [4.69, 9.17) is 9.15 Å². The van der Waals surface area contributed by atoms with Crippen molar-refractivity contribution >= 4 is 16.8 Å². The fourth-order valence-electron chi connectivity index (χ4n) is 3.45. The molecule has 2 aromatic heterocycles. The molecule has 10 heteroatoms. The van der Waals surface area contributed by atoms with Crippen LogP contribution in [0.2, 0.25) is 0 Å². The van der Waals surface area contributed by atoms with Crippen molar-refractivity contribution in [1.82, 2.24) is 14.5 Å². The van der Waals surface area contributed by atoms with Crippen molar-refractivity contribution in [3.63, 3.8) is 0 Å². The second-order valence-corrected chi connectivity index (χ2v) is 8.23. The molecule has 0 saturated carbocycles. The number of nitro benzene ring substituents is 1. The third-order valence-corrected chi connectivity index (χ3v) is 5.00. The van der Waals surface area contributed by atoms with E-state index in [2.05, 4.69) is 9.97 Å². The minimum Gasteiger partial charge on any atom is -0.496 e. The number of hydrogen-bond acceptors (Lipinski definition) is 7. The molecule has 0 atom stereocenters. The summed E-state index contributed by atoms with van der Waals surface area (Å²) in [5, 5.41) is 11.1. The number of oxazole rings is 1. The van der Waals surface area contributed by atoms with E-state index in [9.17, 15) is 19.7 Å². The first-order chi connectivity index (χ1) is 15.1. The van der Waals surface area contributed by atoms with Gasteiger partial charge in [-0.05, 0) is 23.6 Å². The van der Waals surface area contributed by atoms with Crippen LogP contribution in [0.15, 0.2) is 56.6 Å². The molecule has 32 heavy (non-hydrogen) atoms. The number of nitrogens with zero attached hydrogens (tertiary/aromatic N) is 3. The minimum absolute atomic E-state index is 0.103. The second-order valence-electron chi connectivity index (χ2n) is 8.23. The smallest absolute Gasteiger partial charge is 0.332 e. The normalized spacial score (nSPS) is 11.6. The fraction of sp³-hybridized carbons (Fsp3) is 0.227. The van der Waals surface area contributed by atoms with Gasteiger partial charge < -0.3 is 9.15 Å². The Labute approximate surface area is 181 Å². The van der Waals surface area contributed by atoms with Gasteiger partial charge in [-0.25, -0.2) is 9.78 Å². The molecule has 0 aliphatic carbocycles. The summed E-state index contributed by atoms with van der Waals surface area (Å²) in [4.78, 5) is 41.2. The van der Waals surface area contributed by atoms with Gasteiger partial charge in [0.1, 0.15) is 11.3 Å². The lowest BCUT2D eigenvalue weighted by molar-refractivity contribution is -0.384. The SMILES string of the molecule is COc1c(-c2nc3cc([N+](=O)[O-])ccc3o2)cc(-n2ccc(=O)[nH]c2=O)cc1C(C)(C)C. The molecule has 164 valence electrons. The lowest BCUT2D eigenvalue weighted by atomic mass is 9.84. The van der Waals surface area contributed by atoms with Crippen molar-refractivity contribution in [2.24, 2.45) is 0 Å². The lowest BCUT2D eigenvalue weighted by Gasteiger charge is -2.24. The number of hydrogen-bond donors (Lipinski definition) is 1. The van der Waals surface area contributed by atoms with Crippen LogP contribution >= 0.6 is 0 Å². The summed E-state index contributed by atoms with van der Waals surface area (Å²) in [6.45, 7) is 5.97. The maximum atomic E-state index is 12.4. The Kier molecular flexibility index (Phi) is 4.92. The summed E-state index contributed by atoms with van der Waals surface area (Å²) in [6.07, 6.45) is 1.38. The van der Waals surface area contributed by atoms with Crippen molar-refractivity contribution in [1.29, 1.82) is 0 Å². The first kappa shape index (κ1) is 21.0. The summed E-state index contributed by atoms with van der Waals surface area (Å²) < 4.78 is 12.9. The summed E-state index contributed by atoms with van der Waals surface area (Å²) >= 11 is 0. The number of ether oxygens (including phenoxy) is 1. The zero-order valence-electron chi connectivity index (χ0n) is 17.8. The number of benzene rings is 2. The number of aromatic nitrogens is 3. The first-order valence-electron chi connectivity index (χ1n) is 9.68. The average Bonchev–Trinajstić information content (AvgIpc) is 3.15. The molecular weight excluding hydrogens is 416 g/mol. The van der Waals surface area contributed by atoms with Gasteiger partial charge in [-0.15, -0.1) is 0 Å². The molecule has 1 N–H and O–H groups in total. The number of nitro groups is 1. The largest absolute Gasteiger partial charge is 0.496 e. The van der Waals surface area contributed by atoms with Crippen LogP contribution in [0.5, 0.6) is 5.75 Å². The molecule has 0 aliphatic rings. The van der Waals surface area contributed by atoms with Crippen LogP contribution in [0, 0.1) is 10.1 Å². The van der Waals surface area contributed by atoms with E-state index < -0.39 is 16.2 Å². The van der Waals surface area contributed by atoms with Gasteiger partial charge >= 0.3 is 5.69 Å². The monoisotopic (exact) mass is 436 g/mol. The number of non-ortho nitro benzene ring substituents is 1. The topological polar surface area (TPSA) is 133 Å². The molecule has 10 nitrogen and oxygen atoms in total. The van der Waals surface area contributed by atoms with Crippen molar-refractivity contribution in [3.8, 4) is 22.9 Å². The van der Waals surface area contributed by atoms with E-state index >= 15 is 0 Å². The van der Waals surface area contributed by atoms with Gasteiger partial charge in [0, 0.05) is 30.0 Å². The van der Waals surface area contributed by atoms with Crippen LogP contribution in [0.4, 0.5) is 5.69 Å². The average molecular weight is 436 g/mol. The molecule has 2 heterocycles. The van der Waals surface area contributed by atoms with Crippen LogP contribution in [-0.4, -0.2) is 26.6 Å². The number of fused-ring (bicyclic) bond motifs is 1. The van der Waals surface area contributed by atoms with Gasteiger partial charge in [0.05, 0.1) is 23.3 Å². The van der Waals surface area contributed by atoms with Gasteiger partial charge in [0.2, 0.25) is 5.89 Å². The Bertz CT molecular complexity index is 1470. The van der Waals surface area contributed by atoms with Crippen LogP contribution < -0.4 is 16.0 Å². The van der Waals surface area contributed by atoms with Gasteiger partial charge in [0.15, 0.2) is 5.58 Å². The Balaban J connectivity index is 2.02. The second kappa shape index (κ2) is 7.49. The zero-order chi connectivity index (χ0) is 23.2. The van der Waals surface area contributed by atoms with Crippen LogP contribution in [-0.2, 0) is 5.41 Å². The van der Waals surface area contributed by atoms with E-state index in [-0.39, 0.29) is 17.0 Å². The Hall–Kier alpha value is -4.21. The lowest BCUT2D eigenvalue weighted by Crippen LogP contribution is -2.27. The number of aromatic amines is 1. The van der Waals surface area contributed by atoms with E-state index in [1.165, 1.54) is 42.1 Å². The standard InChI is InChI=1S/C22H20N4O6/c1-22(2,3)15-10-13(25-8-7-18(27)24-21(25)28)9-14(19(15)31-4)20-23-16-11-12(26(29)30)5-6-17(16)32-20/h5-11H,1-4H3,(H,24,27,28). The number of H-pyrrole nitrogens is 1. The van der Waals surface area contributed by atoms with E-state index in [0.29, 0.717) is 28.1 Å². The predicted octanol–water partition coefficient (Wildman–Crippen LogP) is 3.55. The minimum atomic E-state index is -0.596. The van der Waals surface area contributed by atoms with Crippen LogP contribution in [0.3, 0.4) is 0 Å². The maximum absolute atomic E-state index is 12.4. The van der Waals surface area contributed by atoms with Gasteiger partial charge in [-0.2, -0.15) is 0 Å². The molecule has 0 amide bonds. The molecule has 0 spiro atoms. The third kappa shape index (κ3) is 3.66. The highest BCUT2D eigenvalue weighted by Gasteiger charge is 2.26. The number of rotatable bonds is 4. The summed E-state index contributed by atoms with van der Waals surface area (Å²) in [7, 11) is 1.52. The molecule has 0 bridgehead atoms. The molecular formula is C22H20N4O6. The summed E-state index contributed by atoms with van der Waals surface area (Å²) in [5.74, 6) is 0.682. The fourth-order valence-corrected chi connectivity index (χ4v) is 3.45. The quantitative estimate of drug-likeness (QED) is 0.382. The summed E-state index contributed by atoms with van der Waals surface area (Å²) in [6, 6.07) is 8.86. The Morgan fingerprint density at radius 1 is 1.16 bits per heavy atom. The van der Waals surface area contributed by atoms with Gasteiger partial charge in [-0.1, -0.05) is 20.8 Å². The van der Waals surface area contributed by atoms with E-state index in [1.54, 1.807) is 12.1 Å². The third-order valence-electron chi connectivity index (χ3n) is 5.00. The Morgan fingerprint density at radius 3 is 2.53 bits per heavy atom. The number of nitrogens with one attached hydrogen (secondary N) is 1. The van der Waals surface area contributed by atoms with Crippen molar-refractivity contribution in [2.75, 3.05) is 7.11 Å². The van der Waals surface area contributed by atoms with Crippen molar-refractivity contribution in [2.45, 2.75) is 26.2 Å². The van der Waals surface area contributed by atoms with Gasteiger partial charge in [-0.3, -0.25) is 24.5 Å². The molecule has 0 unspecified atom stereocenters. The van der Waals surface area contributed by atoms with E-state index in [1.807, 2.05) is 20.8 Å². The molecule has 2 aromatic carbocycles. The van der Waals surface area contributed by atoms with E-state index in [0.717, 1.165) is 5.56 Å². The van der Waals surface area contributed by atoms with Gasteiger partial charge in [0.25, 0.3) is 11.2 Å². The van der Waals surface area contributed by atoms with Crippen LogP contribution in [0.25, 0.3) is 28.2 Å². The number of methoxy groups -OCH3 is 1. The van der Waals surface area contributed by atoms with Crippen LogP contribution in [0.1, 0.15) is 26.3 Å². The van der Waals surface area contributed by atoms with Crippen molar-refractivity contribution < 1.29 is 14.1 Å². The molecule has 0 aliphatic heterocycles. The Morgan fingerprint density at radius 2 is 1.91 bits per heavy atom. The maximum Gasteiger partial charge on any atom is 0.332 e. The molecule has 4 rings (SSSR count). The summed E-state index contributed by atoms with van der Waals surface area (Å²) in [5.41, 5.74) is 0.821. The highest BCUT2D eigenvalue weighted by Crippen LogP contribution is 2.41. The van der Waals surface area contributed by atoms with Crippen molar-refractivity contribution in [3.05, 3.63) is 79.1 Å². The highest BCUT2D eigenvalue weighted by atomic mass is 16.6. The molecule has 0 fully saturated rings. The molecule has 0 saturated heterocycles. The highest BCUT2D eigenvalue weighted by molar-refractivity contribution is 5.81. The molecule has 0 radical (unpaired) electrons. The molecule has 4 aromatic rings. The first-order valence-corrected chi connectivity index (χ1v) is 9.68. The zero-order valence-corrected chi connectivity index (χ0v) is 17.8.